The molecule has 4 N–H and O–H groups in total. The zero-order valence-electron chi connectivity index (χ0n) is 7.37. The lowest BCUT2D eigenvalue weighted by Gasteiger charge is -2.11. The minimum absolute atomic E-state index is 0.0313. The number of carbonyl (C=O) groups is 1. The van der Waals surface area contributed by atoms with E-state index in [9.17, 15) is 4.79 Å². The molecule has 0 fully saturated rings. The molecule has 1 amide bonds. The Kier molecular flexibility index (Phi) is 4.83. The van der Waals surface area contributed by atoms with E-state index in [0.29, 0.717) is 6.42 Å². The Morgan fingerprint density at radius 2 is 2.33 bits per heavy atom. The van der Waals surface area contributed by atoms with E-state index in [-0.39, 0.29) is 11.7 Å². The van der Waals surface area contributed by atoms with Crippen LogP contribution in [-0.2, 0) is 4.79 Å². The highest BCUT2D eigenvalue weighted by atomic mass is 16.4. The van der Waals surface area contributed by atoms with Gasteiger partial charge in [-0.25, -0.2) is 0 Å². The molecule has 0 aliphatic heterocycles. The molecule has 1 atom stereocenters. The van der Waals surface area contributed by atoms with Crippen molar-refractivity contribution in [2.24, 2.45) is 16.8 Å². The molecule has 5 heteroatoms. The molecule has 0 aromatic rings. The molecule has 1 unspecified atom stereocenters. The first-order chi connectivity index (χ1) is 5.67. The SMILES string of the molecule is CCCC(C(=O)NC)C(N)=NO. The number of hydrogen-bond donors (Lipinski definition) is 3. The molecule has 0 aliphatic carbocycles. The molecule has 70 valence electrons. The molecule has 0 saturated heterocycles. The van der Waals surface area contributed by atoms with Gasteiger partial charge in [0.15, 0.2) is 5.84 Å². The highest BCUT2D eigenvalue weighted by molar-refractivity contribution is 6.01. The van der Waals surface area contributed by atoms with E-state index in [0.717, 1.165) is 6.42 Å². The summed E-state index contributed by atoms with van der Waals surface area (Å²) >= 11 is 0. The summed E-state index contributed by atoms with van der Waals surface area (Å²) in [6.45, 7) is 1.93. The minimum atomic E-state index is -0.509. The van der Waals surface area contributed by atoms with Gasteiger partial charge in [-0.2, -0.15) is 0 Å². The lowest BCUT2D eigenvalue weighted by molar-refractivity contribution is -0.122. The predicted octanol–water partition coefficient (Wildman–Crippen LogP) is -0.105. The van der Waals surface area contributed by atoms with Crippen molar-refractivity contribution in [1.29, 1.82) is 0 Å². The average Bonchev–Trinajstić information content (AvgIpc) is 2.11. The van der Waals surface area contributed by atoms with Crippen LogP contribution in [0.5, 0.6) is 0 Å². The van der Waals surface area contributed by atoms with E-state index >= 15 is 0 Å². The van der Waals surface area contributed by atoms with Gasteiger partial charge in [-0.15, -0.1) is 0 Å². The molecular weight excluding hydrogens is 158 g/mol. The van der Waals surface area contributed by atoms with E-state index in [1.54, 1.807) is 0 Å². The molecule has 0 spiro atoms. The molecule has 0 heterocycles. The lowest BCUT2D eigenvalue weighted by atomic mass is 10.0. The molecule has 0 rings (SSSR count). The van der Waals surface area contributed by atoms with Gasteiger partial charge in [-0.05, 0) is 6.42 Å². The van der Waals surface area contributed by atoms with Crippen LogP contribution in [0.15, 0.2) is 5.16 Å². The van der Waals surface area contributed by atoms with Crippen molar-refractivity contribution < 1.29 is 10.0 Å². The molecule has 0 bridgehead atoms. The van der Waals surface area contributed by atoms with Crippen molar-refractivity contribution >= 4 is 11.7 Å². The molecule has 0 aromatic heterocycles. The fraction of sp³-hybridized carbons (Fsp3) is 0.714. The largest absolute Gasteiger partial charge is 0.409 e. The maximum atomic E-state index is 11.1. The fourth-order valence-electron chi connectivity index (χ4n) is 0.946. The standard InChI is InChI=1S/C7H15N3O2/c1-3-4-5(6(8)10-12)7(11)9-2/h5,12H,3-4H2,1-2H3,(H2,8,10)(H,9,11). The number of amides is 1. The second-order valence-corrected chi connectivity index (χ2v) is 2.48. The molecule has 0 radical (unpaired) electrons. The number of nitrogens with zero attached hydrogens (tertiary/aromatic N) is 1. The van der Waals surface area contributed by atoms with Crippen LogP contribution in [0.1, 0.15) is 19.8 Å². The van der Waals surface area contributed by atoms with Gasteiger partial charge in [0.1, 0.15) is 0 Å². The summed E-state index contributed by atoms with van der Waals surface area (Å²) in [5.41, 5.74) is 5.32. The Morgan fingerprint density at radius 1 is 1.75 bits per heavy atom. The Bertz CT molecular complexity index is 179. The van der Waals surface area contributed by atoms with Crippen LogP contribution < -0.4 is 11.1 Å². The monoisotopic (exact) mass is 173 g/mol. The Labute approximate surface area is 71.6 Å². The number of hydrogen-bond acceptors (Lipinski definition) is 3. The van der Waals surface area contributed by atoms with Gasteiger partial charge >= 0.3 is 0 Å². The van der Waals surface area contributed by atoms with Gasteiger partial charge in [0.05, 0.1) is 5.92 Å². The summed E-state index contributed by atoms with van der Waals surface area (Å²) in [4.78, 5) is 11.1. The van der Waals surface area contributed by atoms with E-state index in [1.807, 2.05) is 6.92 Å². The van der Waals surface area contributed by atoms with Gasteiger partial charge in [0.2, 0.25) is 5.91 Å². The highest BCUT2D eigenvalue weighted by Gasteiger charge is 2.20. The summed E-state index contributed by atoms with van der Waals surface area (Å²) in [6, 6.07) is 0. The van der Waals surface area contributed by atoms with Crippen LogP contribution in [-0.4, -0.2) is 24.0 Å². The van der Waals surface area contributed by atoms with Crippen molar-refractivity contribution in [2.45, 2.75) is 19.8 Å². The number of amidine groups is 1. The zero-order chi connectivity index (χ0) is 9.56. The molecule has 5 nitrogen and oxygen atoms in total. The maximum Gasteiger partial charge on any atom is 0.230 e. The topological polar surface area (TPSA) is 87.7 Å². The van der Waals surface area contributed by atoms with E-state index in [2.05, 4.69) is 10.5 Å². The summed E-state index contributed by atoms with van der Waals surface area (Å²) in [7, 11) is 1.52. The van der Waals surface area contributed by atoms with Crippen LogP contribution >= 0.6 is 0 Å². The molecular formula is C7H15N3O2. The normalized spacial score (nSPS) is 14.0. The summed E-state index contributed by atoms with van der Waals surface area (Å²) in [5.74, 6) is -0.756. The van der Waals surface area contributed by atoms with Crippen molar-refractivity contribution in [3.63, 3.8) is 0 Å². The van der Waals surface area contributed by atoms with E-state index < -0.39 is 5.92 Å². The van der Waals surface area contributed by atoms with Gasteiger partial charge in [0, 0.05) is 7.05 Å². The number of nitrogens with one attached hydrogen (secondary N) is 1. The summed E-state index contributed by atoms with van der Waals surface area (Å²) in [6.07, 6.45) is 1.41. The van der Waals surface area contributed by atoms with Gasteiger partial charge < -0.3 is 16.3 Å². The maximum absolute atomic E-state index is 11.1. The molecule has 0 saturated carbocycles. The van der Waals surface area contributed by atoms with Crippen molar-refractivity contribution in [3.05, 3.63) is 0 Å². The smallest absolute Gasteiger partial charge is 0.230 e. The minimum Gasteiger partial charge on any atom is -0.409 e. The third-order valence-electron chi connectivity index (χ3n) is 1.61. The van der Waals surface area contributed by atoms with Crippen LogP contribution in [0.2, 0.25) is 0 Å². The summed E-state index contributed by atoms with van der Waals surface area (Å²) in [5, 5.41) is 13.6. The first-order valence-electron chi connectivity index (χ1n) is 3.86. The first-order valence-corrected chi connectivity index (χ1v) is 3.86. The fourth-order valence-corrected chi connectivity index (χ4v) is 0.946. The second-order valence-electron chi connectivity index (χ2n) is 2.48. The predicted molar refractivity (Wildman–Crippen MR) is 45.9 cm³/mol. The second kappa shape index (κ2) is 5.40. The molecule has 12 heavy (non-hydrogen) atoms. The van der Waals surface area contributed by atoms with Crippen LogP contribution in [0, 0.1) is 5.92 Å². The Balaban J connectivity index is 4.32. The lowest BCUT2D eigenvalue weighted by Crippen LogP contribution is -2.37. The molecule has 0 aliphatic rings. The van der Waals surface area contributed by atoms with Crippen molar-refractivity contribution in [3.8, 4) is 0 Å². The van der Waals surface area contributed by atoms with Crippen molar-refractivity contribution in [1.82, 2.24) is 5.32 Å². The van der Waals surface area contributed by atoms with Crippen LogP contribution in [0.4, 0.5) is 0 Å². The van der Waals surface area contributed by atoms with Gasteiger partial charge in [-0.1, -0.05) is 18.5 Å². The third kappa shape index (κ3) is 2.77. The summed E-state index contributed by atoms with van der Waals surface area (Å²) < 4.78 is 0. The molecule has 0 aromatic carbocycles. The number of nitrogens with two attached hydrogens (primary N) is 1. The quantitative estimate of drug-likeness (QED) is 0.240. The van der Waals surface area contributed by atoms with Crippen molar-refractivity contribution in [2.75, 3.05) is 7.05 Å². The first kappa shape index (κ1) is 10.7. The third-order valence-corrected chi connectivity index (χ3v) is 1.61. The van der Waals surface area contributed by atoms with Gasteiger partial charge in [-0.3, -0.25) is 4.79 Å². The van der Waals surface area contributed by atoms with Crippen LogP contribution in [0.3, 0.4) is 0 Å². The van der Waals surface area contributed by atoms with E-state index in [1.165, 1.54) is 7.05 Å². The number of oxime groups is 1. The zero-order valence-corrected chi connectivity index (χ0v) is 7.37. The average molecular weight is 173 g/mol. The number of rotatable bonds is 4. The Morgan fingerprint density at radius 3 is 2.67 bits per heavy atom. The highest BCUT2D eigenvalue weighted by Crippen LogP contribution is 2.06. The Hall–Kier alpha value is -1.26. The number of carbonyl (C=O) groups excluding carboxylic acids is 1. The van der Waals surface area contributed by atoms with E-state index in [4.69, 9.17) is 10.9 Å². The van der Waals surface area contributed by atoms with Crippen LogP contribution in [0.25, 0.3) is 0 Å². The van der Waals surface area contributed by atoms with Gasteiger partial charge in [0.25, 0.3) is 0 Å².